The first-order chi connectivity index (χ1) is 21.2. The highest BCUT2D eigenvalue weighted by atomic mass is 16.2. The summed E-state index contributed by atoms with van der Waals surface area (Å²) in [4.78, 5) is 64.6. The standard InChI is InChI=1S/C33H36N6O5/c1-19(40)35-23-6-8-24(9-7-23)37-30(42)12-13-34-33(44)27-16-22-15-25(36-20(2)41)10-11-28(22)39-18-21-14-26(32(27)39)29-4-3-5-31(43)38(29)17-21/h3-11,15,21,26-27,32H,12-14,16-18H2,1-2H3,(H,34,44)(H,35,40)(H,36,41)(H,37,42)/t21-,26+,27+,32+/m0/s1. The summed E-state index contributed by atoms with van der Waals surface area (Å²) in [5, 5.41) is 11.4. The average molecular weight is 597 g/mol. The van der Waals surface area contributed by atoms with Crippen molar-refractivity contribution in [2.45, 2.75) is 51.6 Å². The summed E-state index contributed by atoms with van der Waals surface area (Å²) in [6, 6.07) is 17.9. The van der Waals surface area contributed by atoms with Crippen LogP contribution in [0.25, 0.3) is 0 Å². The van der Waals surface area contributed by atoms with Crippen LogP contribution in [0.3, 0.4) is 0 Å². The Morgan fingerprint density at radius 3 is 2.25 bits per heavy atom. The number of hydrogen-bond acceptors (Lipinski definition) is 6. The smallest absolute Gasteiger partial charge is 0.250 e. The van der Waals surface area contributed by atoms with Crippen LogP contribution < -0.4 is 31.7 Å². The van der Waals surface area contributed by atoms with E-state index in [0.29, 0.717) is 30.0 Å². The fourth-order valence-electron chi connectivity index (χ4n) is 7.10. The molecule has 4 N–H and O–H groups in total. The van der Waals surface area contributed by atoms with Crippen LogP contribution in [0.2, 0.25) is 0 Å². The van der Waals surface area contributed by atoms with Crippen LogP contribution >= 0.6 is 0 Å². The first-order valence-corrected chi connectivity index (χ1v) is 15.0. The Hall–Kier alpha value is -4.93. The van der Waals surface area contributed by atoms with Gasteiger partial charge in [0.1, 0.15) is 0 Å². The Balaban J connectivity index is 1.20. The average Bonchev–Trinajstić information content (AvgIpc) is 2.97. The molecule has 6 rings (SSSR count). The van der Waals surface area contributed by atoms with Crippen LogP contribution in [0.1, 0.15) is 43.9 Å². The second-order valence-corrected chi connectivity index (χ2v) is 11.9. The van der Waals surface area contributed by atoms with Gasteiger partial charge >= 0.3 is 0 Å². The summed E-state index contributed by atoms with van der Waals surface area (Å²) < 4.78 is 1.87. The minimum Gasteiger partial charge on any atom is -0.366 e. The van der Waals surface area contributed by atoms with E-state index < -0.39 is 5.92 Å². The van der Waals surface area contributed by atoms with Gasteiger partial charge in [0.15, 0.2) is 0 Å². The molecule has 1 fully saturated rings. The highest BCUT2D eigenvalue weighted by Crippen LogP contribution is 2.48. The van der Waals surface area contributed by atoms with Crippen molar-refractivity contribution in [3.8, 4) is 0 Å². The lowest BCUT2D eigenvalue weighted by molar-refractivity contribution is -0.126. The number of aromatic nitrogens is 1. The lowest BCUT2D eigenvalue weighted by Crippen LogP contribution is -2.60. The monoisotopic (exact) mass is 596 g/mol. The molecule has 44 heavy (non-hydrogen) atoms. The number of nitrogens with one attached hydrogen (secondary N) is 4. The van der Waals surface area contributed by atoms with Gasteiger partial charge in [-0.05, 0) is 72.9 Å². The summed E-state index contributed by atoms with van der Waals surface area (Å²) >= 11 is 0. The number of hydrogen-bond donors (Lipinski definition) is 4. The van der Waals surface area contributed by atoms with Gasteiger partial charge in [-0.1, -0.05) is 6.07 Å². The van der Waals surface area contributed by atoms with E-state index in [2.05, 4.69) is 26.2 Å². The second kappa shape index (κ2) is 12.0. The van der Waals surface area contributed by atoms with E-state index >= 15 is 0 Å². The predicted molar refractivity (Wildman–Crippen MR) is 168 cm³/mol. The maximum Gasteiger partial charge on any atom is 0.250 e. The number of nitrogens with zero attached hydrogens (tertiary/aromatic N) is 2. The van der Waals surface area contributed by atoms with Crippen LogP contribution in [0.4, 0.5) is 22.7 Å². The van der Waals surface area contributed by atoms with Gasteiger partial charge in [-0.2, -0.15) is 0 Å². The summed E-state index contributed by atoms with van der Waals surface area (Å²) in [7, 11) is 0. The predicted octanol–water partition coefficient (Wildman–Crippen LogP) is 3.07. The van der Waals surface area contributed by atoms with Gasteiger partial charge in [0.2, 0.25) is 23.6 Å². The molecule has 1 saturated heterocycles. The molecule has 11 heteroatoms. The van der Waals surface area contributed by atoms with Crippen LogP contribution in [0.15, 0.2) is 65.5 Å². The molecule has 2 aromatic carbocycles. The zero-order valence-electron chi connectivity index (χ0n) is 24.8. The van der Waals surface area contributed by atoms with Gasteiger partial charge < -0.3 is 30.7 Å². The van der Waals surface area contributed by atoms with Gasteiger partial charge in [0.25, 0.3) is 5.56 Å². The van der Waals surface area contributed by atoms with E-state index in [1.165, 1.54) is 13.8 Å². The molecule has 1 aromatic heterocycles. The first kappa shape index (κ1) is 29.2. The number of anilines is 4. The van der Waals surface area contributed by atoms with Crippen LogP contribution in [0.5, 0.6) is 0 Å². The summed E-state index contributed by atoms with van der Waals surface area (Å²) in [6.45, 7) is 4.43. The maximum atomic E-state index is 13.9. The number of carbonyl (C=O) groups is 4. The molecule has 11 nitrogen and oxygen atoms in total. The van der Waals surface area contributed by atoms with E-state index in [0.717, 1.165) is 29.9 Å². The zero-order chi connectivity index (χ0) is 31.0. The molecular formula is C33H36N6O5. The number of amides is 4. The Morgan fingerprint density at radius 1 is 0.841 bits per heavy atom. The van der Waals surface area contributed by atoms with Crippen molar-refractivity contribution < 1.29 is 19.2 Å². The van der Waals surface area contributed by atoms with Crippen LogP contribution in [-0.4, -0.2) is 47.3 Å². The molecule has 4 amide bonds. The maximum absolute atomic E-state index is 13.9. The Bertz CT molecular complexity index is 1680. The Kier molecular flexibility index (Phi) is 7.94. The van der Waals surface area contributed by atoms with Gasteiger partial charge in [0, 0.05) is 86.4 Å². The second-order valence-electron chi connectivity index (χ2n) is 11.9. The van der Waals surface area contributed by atoms with Crippen molar-refractivity contribution in [1.29, 1.82) is 0 Å². The number of carbonyl (C=O) groups excluding carboxylic acids is 4. The zero-order valence-corrected chi connectivity index (χ0v) is 24.8. The lowest BCUT2D eigenvalue weighted by Gasteiger charge is -2.54. The third-order valence-electron chi connectivity index (χ3n) is 8.76. The summed E-state index contributed by atoms with van der Waals surface area (Å²) in [5.41, 5.74) is 4.89. The molecule has 0 radical (unpaired) electrons. The third kappa shape index (κ3) is 5.95. The number of fused-ring (bicyclic) bond motifs is 8. The van der Waals surface area contributed by atoms with Crippen molar-refractivity contribution in [3.05, 3.63) is 82.3 Å². The normalized spacial score (nSPS) is 21.2. The highest BCUT2D eigenvalue weighted by molar-refractivity contribution is 5.93. The highest BCUT2D eigenvalue weighted by Gasteiger charge is 2.49. The molecule has 2 bridgehead atoms. The Morgan fingerprint density at radius 2 is 1.52 bits per heavy atom. The molecule has 4 heterocycles. The first-order valence-electron chi connectivity index (χ1n) is 15.0. The van der Waals surface area contributed by atoms with Crippen LogP contribution in [-0.2, 0) is 32.1 Å². The van der Waals surface area contributed by atoms with Crippen molar-refractivity contribution in [1.82, 2.24) is 9.88 Å². The molecule has 0 spiro atoms. The van der Waals surface area contributed by atoms with E-state index in [9.17, 15) is 24.0 Å². The molecule has 3 aromatic rings. The fraction of sp³-hybridized carbons (Fsp3) is 0.364. The van der Waals surface area contributed by atoms with Crippen molar-refractivity contribution in [3.63, 3.8) is 0 Å². The van der Waals surface area contributed by atoms with E-state index in [1.54, 1.807) is 36.4 Å². The number of benzene rings is 2. The molecule has 0 unspecified atom stereocenters. The van der Waals surface area contributed by atoms with Crippen molar-refractivity contribution >= 4 is 46.4 Å². The minimum absolute atomic E-state index is 0.000849. The quantitative estimate of drug-likeness (QED) is 0.330. The molecule has 3 aliphatic heterocycles. The molecule has 228 valence electrons. The van der Waals surface area contributed by atoms with E-state index in [-0.39, 0.29) is 60.0 Å². The molecule has 3 aliphatic rings. The summed E-state index contributed by atoms with van der Waals surface area (Å²) in [5.74, 6) is -0.878. The Labute approximate surface area is 255 Å². The number of pyridine rings is 1. The van der Waals surface area contributed by atoms with Gasteiger partial charge in [-0.15, -0.1) is 0 Å². The lowest BCUT2D eigenvalue weighted by atomic mass is 9.69. The van der Waals surface area contributed by atoms with Gasteiger partial charge in [-0.25, -0.2) is 0 Å². The van der Waals surface area contributed by atoms with E-state index in [1.807, 2.05) is 28.8 Å². The molecule has 0 aliphatic carbocycles. The van der Waals surface area contributed by atoms with E-state index in [4.69, 9.17) is 0 Å². The molecule has 4 atom stereocenters. The third-order valence-corrected chi connectivity index (χ3v) is 8.76. The topological polar surface area (TPSA) is 142 Å². The largest absolute Gasteiger partial charge is 0.366 e. The van der Waals surface area contributed by atoms with Gasteiger partial charge in [-0.3, -0.25) is 24.0 Å². The molecule has 0 saturated carbocycles. The number of piperidine rings is 1. The molecular weight excluding hydrogens is 560 g/mol. The van der Waals surface area contributed by atoms with Gasteiger partial charge in [0.05, 0.1) is 5.92 Å². The van der Waals surface area contributed by atoms with Crippen molar-refractivity contribution in [2.75, 3.05) is 33.9 Å². The SMILES string of the molecule is CC(=O)Nc1ccc(NC(=O)CCNC(=O)[C@@H]2Cc3cc(NC(C)=O)ccc3N3C[C@H]4C[C@H](c5cccc(=O)n5C4)[C@H]23)cc1. The minimum atomic E-state index is -0.424. The van der Waals surface area contributed by atoms with Crippen LogP contribution in [0, 0.1) is 11.8 Å². The number of rotatable bonds is 7. The summed E-state index contributed by atoms with van der Waals surface area (Å²) in [6.07, 6.45) is 1.46. The van der Waals surface area contributed by atoms with Crippen molar-refractivity contribution in [2.24, 2.45) is 11.8 Å². The fourth-order valence-corrected chi connectivity index (χ4v) is 7.10.